The standard InChI is InChI=1S/C20H24N2O3/c1-20(2,3)14-8-10-15(11-9-14)21-18(23)16-6-4-12-22(16)19(24)17-7-5-13-25-17/h5,7-11,13,16H,4,6,12H2,1-3H3,(H,21,23)/t16-/m0/s1. The molecule has 0 aliphatic carbocycles. The summed E-state index contributed by atoms with van der Waals surface area (Å²) in [6.07, 6.45) is 2.95. The summed E-state index contributed by atoms with van der Waals surface area (Å²) < 4.78 is 5.18. The fraction of sp³-hybridized carbons (Fsp3) is 0.400. The maximum absolute atomic E-state index is 12.6. The molecule has 0 spiro atoms. The van der Waals surface area contributed by atoms with Gasteiger partial charge in [-0.3, -0.25) is 9.59 Å². The SMILES string of the molecule is CC(C)(C)c1ccc(NC(=O)[C@@H]2CCCN2C(=O)c2ccco2)cc1. The first kappa shape index (κ1) is 17.3. The van der Waals surface area contributed by atoms with Crippen LogP contribution >= 0.6 is 0 Å². The predicted octanol–water partition coefficient (Wildman–Crippen LogP) is 3.82. The van der Waals surface area contributed by atoms with Crippen LogP contribution in [0, 0.1) is 0 Å². The second-order valence-electron chi connectivity index (χ2n) is 7.45. The van der Waals surface area contributed by atoms with Crippen molar-refractivity contribution in [2.24, 2.45) is 0 Å². The molecule has 132 valence electrons. The Kier molecular flexibility index (Phi) is 4.66. The monoisotopic (exact) mass is 340 g/mol. The zero-order chi connectivity index (χ0) is 18.0. The molecule has 1 aromatic heterocycles. The number of rotatable bonds is 3. The number of nitrogens with one attached hydrogen (secondary N) is 1. The maximum atomic E-state index is 12.6. The van der Waals surface area contributed by atoms with Crippen molar-refractivity contribution >= 4 is 17.5 Å². The van der Waals surface area contributed by atoms with E-state index in [0.717, 1.165) is 12.1 Å². The molecule has 1 aliphatic rings. The Morgan fingerprint density at radius 1 is 1.16 bits per heavy atom. The summed E-state index contributed by atoms with van der Waals surface area (Å²) in [5.74, 6) is -0.110. The highest BCUT2D eigenvalue weighted by molar-refractivity contribution is 6.00. The number of amides is 2. The molecule has 5 heteroatoms. The lowest BCUT2D eigenvalue weighted by Gasteiger charge is -2.23. The molecule has 0 saturated carbocycles. The van der Waals surface area contributed by atoms with Gasteiger partial charge in [0.15, 0.2) is 5.76 Å². The van der Waals surface area contributed by atoms with E-state index in [1.54, 1.807) is 17.0 Å². The van der Waals surface area contributed by atoms with Crippen molar-refractivity contribution < 1.29 is 14.0 Å². The number of benzene rings is 1. The van der Waals surface area contributed by atoms with Crippen molar-refractivity contribution in [1.29, 1.82) is 0 Å². The van der Waals surface area contributed by atoms with E-state index in [-0.39, 0.29) is 23.0 Å². The molecule has 25 heavy (non-hydrogen) atoms. The van der Waals surface area contributed by atoms with Crippen molar-refractivity contribution in [2.45, 2.75) is 45.1 Å². The quantitative estimate of drug-likeness (QED) is 0.924. The van der Waals surface area contributed by atoms with Crippen molar-refractivity contribution in [1.82, 2.24) is 4.90 Å². The highest BCUT2D eigenvalue weighted by atomic mass is 16.3. The van der Waals surface area contributed by atoms with E-state index in [2.05, 4.69) is 26.1 Å². The van der Waals surface area contributed by atoms with E-state index in [1.807, 2.05) is 24.3 Å². The molecule has 1 saturated heterocycles. The number of hydrogen-bond acceptors (Lipinski definition) is 3. The lowest BCUT2D eigenvalue weighted by molar-refractivity contribution is -0.119. The number of nitrogens with zero attached hydrogens (tertiary/aromatic N) is 1. The zero-order valence-electron chi connectivity index (χ0n) is 14.9. The van der Waals surface area contributed by atoms with E-state index in [0.29, 0.717) is 13.0 Å². The van der Waals surface area contributed by atoms with Crippen LogP contribution in [0.25, 0.3) is 0 Å². The lowest BCUT2D eigenvalue weighted by atomic mass is 9.87. The van der Waals surface area contributed by atoms with Gasteiger partial charge in [-0.15, -0.1) is 0 Å². The Morgan fingerprint density at radius 2 is 1.88 bits per heavy atom. The van der Waals surface area contributed by atoms with Crippen molar-refractivity contribution in [2.75, 3.05) is 11.9 Å². The maximum Gasteiger partial charge on any atom is 0.290 e. The van der Waals surface area contributed by atoms with Crippen molar-refractivity contribution in [3.05, 3.63) is 54.0 Å². The molecule has 5 nitrogen and oxygen atoms in total. The Labute approximate surface area is 148 Å². The van der Waals surface area contributed by atoms with Crippen LogP contribution in [-0.4, -0.2) is 29.3 Å². The van der Waals surface area contributed by atoms with Crippen LogP contribution in [0.4, 0.5) is 5.69 Å². The van der Waals surface area contributed by atoms with Crippen molar-refractivity contribution in [3.63, 3.8) is 0 Å². The van der Waals surface area contributed by atoms with E-state index >= 15 is 0 Å². The van der Waals surface area contributed by atoms with Gasteiger partial charge in [0.05, 0.1) is 6.26 Å². The highest BCUT2D eigenvalue weighted by Gasteiger charge is 2.35. The molecule has 2 aromatic rings. The first-order valence-corrected chi connectivity index (χ1v) is 8.62. The van der Waals surface area contributed by atoms with E-state index in [1.165, 1.54) is 11.8 Å². The molecular formula is C20H24N2O3. The lowest BCUT2D eigenvalue weighted by Crippen LogP contribution is -2.43. The summed E-state index contributed by atoms with van der Waals surface area (Å²) in [4.78, 5) is 26.7. The largest absolute Gasteiger partial charge is 0.459 e. The Hall–Kier alpha value is -2.56. The topological polar surface area (TPSA) is 62.6 Å². The summed E-state index contributed by atoms with van der Waals surface area (Å²) in [5.41, 5.74) is 2.02. The minimum Gasteiger partial charge on any atom is -0.459 e. The van der Waals surface area contributed by atoms with Crippen LogP contribution in [0.1, 0.15) is 49.7 Å². The third-order valence-electron chi connectivity index (χ3n) is 4.57. The highest BCUT2D eigenvalue weighted by Crippen LogP contribution is 2.25. The predicted molar refractivity (Wildman–Crippen MR) is 96.5 cm³/mol. The minimum absolute atomic E-state index is 0.0697. The van der Waals surface area contributed by atoms with Crippen LogP contribution < -0.4 is 5.32 Å². The second-order valence-corrected chi connectivity index (χ2v) is 7.45. The van der Waals surface area contributed by atoms with Gasteiger partial charge in [-0.05, 0) is 48.1 Å². The number of anilines is 1. The van der Waals surface area contributed by atoms with E-state index in [4.69, 9.17) is 4.42 Å². The van der Waals surface area contributed by atoms with Gasteiger partial charge >= 0.3 is 0 Å². The number of carbonyl (C=O) groups is 2. The first-order valence-electron chi connectivity index (χ1n) is 8.62. The van der Waals surface area contributed by atoms with Crippen molar-refractivity contribution in [3.8, 4) is 0 Å². The molecule has 0 radical (unpaired) electrons. The van der Waals surface area contributed by atoms with Gasteiger partial charge < -0.3 is 14.6 Å². The summed E-state index contributed by atoms with van der Waals surface area (Å²) in [6.45, 7) is 7.02. The van der Waals surface area contributed by atoms with Gasteiger partial charge in [-0.25, -0.2) is 0 Å². The smallest absolute Gasteiger partial charge is 0.290 e. The molecule has 2 amide bonds. The second kappa shape index (κ2) is 6.75. The van der Waals surface area contributed by atoms with Crippen LogP contribution in [0.2, 0.25) is 0 Å². The molecule has 3 rings (SSSR count). The molecule has 0 bridgehead atoms. The molecular weight excluding hydrogens is 316 g/mol. The van der Waals surface area contributed by atoms with Gasteiger partial charge in [0.25, 0.3) is 5.91 Å². The third kappa shape index (κ3) is 3.76. The minimum atomic E-state index is -0.458. The summed E-state index contributed by atoms with van der Waals surface area (Å²) in [5, 5.41) is 2.93. The number of furan rings is 1. The average Bonchev–Trinajstić information content (AvgIpc) is 3.25. The third-order valence-corrected chi connectivity index (χ3v) is 4.57. The van der Waals surface area contributed by atoms with Gasteiger partial charge in [-0.1, -0.05) is 32.9 Å². The molecule has 1 aliphatic heterocycles. The number of carbonyl (C=O) groups excluding carboxylic acids is 2. The van der Waals surface area contributed by atoms with Gasteiger partial charge in [0.1, 0.15) is 6.04 Å². The molecule has 1 fully saturated rings. The molecule has 0 unspecified atom stereocenters. The first-order chi connectivity index (χ1) is 11.9. The van der Waals surface area contributed by atoms with Crippen LogP contribution in [0.5, 0.6) is 0 Å². The Balaban J connectivity index is 1.69. The van der Waals surface area contributed by atoms with E-state index in [9.17, 15) is 9.59 Å². The summed E-state index contributed by atoms with van der Waals surface area (Å²) in [6, 6.07) is 10.7. The zero-order valence-corrected chi connectivity index (χ0v) is 14.9. The molecule has 1 aromatic carbocycles. The average molecular weight is 340 g/mol. The Morgan fingerprint density at radius 3 is 2.48 bits per heavy atom. The summed E-state index contributed by atoms with van der Waals surface area (Å²) >= 11 is 0. The normalized spacial score (nSPS) is 17.6. The van der Waals surface area contributed by atoms with Crippen LogP contribution in [-0.2, 0) is 10.2 Å². The van der Waals surface area contributed by atoms with Gasteiger partial charge in [-0.2, -0.15) is 0 Å². The molecule has 1 N–H and O–H groups in total. The van der Waals surface area contributed by atoms with Gasteiger partial charge in [0, 0.05) is 12.2 Å². The fourth-order valence-corrected chi connectivity index (χ4v) is 3.10. The van der Waals surface area contributed by atoms with Crippen LogP contribution in [0.3, 0.4) is 0 Å². The van der Waals surface area contributed by atoms with Gasteiger partial charge in [0.2, 0.25) is 5.91 Å². The number of hydrogen-bond donors (Lipinski definition) is 1. The molecule has 2 heterocycles. The van der Waals surface area contributed by atoms with E-state index < -0.39 is 6.04 Å². The Bertz CT molecular complexity index is 742. The summed E-state index contributed by atoms with van der Waals surface area (Å²) in [7, 11) is 0. The number of likely N-dealkylation sites (tertiary alicyclic amines) is 1. The fourth-order valence-electron chi connectivity index (χ4n) is 3.10. The molecule has 1 atom stereocenters. The van der Waals surface area contributed by atoms with Crippen LogP contribution in [0.15, 0.2) is 47.1 Å².